The first kappa shape index (κ1) is 19.9. The van der Waals surface area contributed by atoms with E-state index in [0.29, 0.717) is 28.4 Å². The predicted molar refractivity (Wildman–Crippen MR) is 118 cm³/mol. The lowest BCUT2D eigenvalue weighted by atomic mass is 10.2. The number of anilines is 2. The van der Waals surface area contributed by atoms with Gasteiger partial charge in [-0.25, -0.2) is 8.42 Å². The van der Waals surface area contributed by atoms with Crippen molar-refractivity contribution >= 4 is 38.6 Å². The van der Waals surface area contributed by atoms with Gasteiger partial charge in [0.05, 0.1) is 0 Å². The van der Waals surface area contributed by atoms with Crippen LogP contribution in [0.5, 0.6) is 11.5 Å². The van der Waals surface area contributed by atoms with Crippen molar-refractivity contribution in [3.63, 3.8) is 0 Å². The lowest BCUT2D eigenvalue weighted by Gasteiger charge is -2.21. The highest BCUT2D eigenvalue weighted by atomic mass is 32.2. The van der Waals surface area contributed by atoms with Gasteiger partial charge in [0.25, 0.3) is 21.7 Å². The summed E-state index contributed by atoms with van der Waals surface area (Å²) in [4.78, 5) is 12.8. The second-order valence-corrected chi connectivity index (χ2v) is 10.4. The summed E-state index contributed by atoms with van der Waals surface area (Å²) in [7, 11) is -3.68. The molecule has 0 saturated heterocycles. The fourth-order valence-corrected chi connectivity index (χ4v) is 5.88. The topological polar surface area (TPSA) is 93.7 Å². The average molecular weight is 457 g/mol. The summed E-state index contributed by atoms with van der Waals surface area (Å²) >= 11 is 1.13. The van der Waals surface area contributed by atoms with E-state index in [4.69, 9.17) is 9.47 Å². The molecule has 0 unspecified atom stereocenters. The van der Waals surface area contributed by atoms with Crippen LogP contribution in [0.1, 0.15) is 36.0 Å². The molecule has 5 rings (SSSR count). The van der Waals surface area contributed by atoms with Crippen LogP contribution in [-0.2, 0) is 10.0 Å². The molecule has 7 nitrogen and oxygen atoms in total. The van der Waals surface area contributed by atoms with Crippen molar-refractivity contribution in [3.8, 4) is 11.5 Å². The third-order valence-electron chi connectivity index (χ3n) is 5.30. The molecule has 160 valence electrons. The molecule has 31 heavy (non-hydrogen) atoms. The van der Waals surface area contributed by atoms with E-state index in [1.807, 2.05) is 0 Å². The van der Waals surface area contributed by atoms with Gasteiger partial charge in [-0.1, -0.05) is 12.1 Å². The largest absolute Gasteiger partial charge is 0.448 e. The molecule has 2 aliphatic rings. The van der Waals surface area contributed by atoms with Gasteiger partial charge in [-0.3, -0.25) is 9.52 Å². The summed E-state index contributed by atoms with van der Waals surface area (Å²) in [6.07, 6.45) is 3.86. The van der Waals surface area contributed by atoms with Crippen molar-refractivity contribution in [3.05, 3.63) is 65.5 Å². The number of sulfonamides is 1. The molecule has 2 aromatic carbocycles. The number of ether oxygens (including phenoxy) is 2. The first-order chi connectivity index (χ1) is 14.9. The molecule has 1 fully saturated rings. The molecule has 2 N–H and O–H groups in total. The zero-order valence-corrected chi connectivity index (χ0v) is 18.1. The van der Waals surface area contributed by atoms with E-state index in [-0.39, 0.29) is 10.1 Å². The Bertz CT molecular complexity index is 1230. The summed E-state index contributed by atoms with van der Waals surface area (Å²) in [6, 6.07) is 14.9. The molecule has 2 heterocycles. The van der Waals surface area contributed by atoms with Crippen LogP contribution in [0.4, 0.5) is 11.4 Å². The third kappa shape index (κ3) is 3.98. The van der Waals surface area contributed by atoms with E-state index in [2.05, 4.69) is 10.0 Å². The SMILES string of the molecule is O=C(Nc1ccc2c(c1)OC1(CCCC1)O2)c1cccc(NS(=O)(=O)c2cccs2)c1. The summed E-state index contributed by atoms with van der Waals surface area (Å²) in [5, 5.41) is 4.53. The Morgan fingerprint density at radius 2 is 1.74 bits per heavy atom. The van der Waals surface area contributed by atoms with Crippen LogP contribution in [0.3, 0.4) is 0 Å². The van der Waals surface area contributed by atoms with Gasteiger partial charge in [0.1, 0.15) is 4.21 Å². The number of nitrogens with one attached hydrogen (secondary N) is 2. The van der Waals surface area contributed by atoms with Crippen molar-refractivity contribution in [1.82, 2.24) is 0 Å². The normalized spacial score (nSPS) is 16.4. The summed E-state index contributed by atoms with van der Waals surface area (Å²) in [6.45, 7) is 0. The maximum Gasteiger partial charge on any atom is 0.271 e. The third-order valence-corrected chi connectivity index (χ3v) is 8.07. The van der Waals surface area contributed by atoms with Crippen LogP contribution in [0.15, 0.2) is 64.2 Å². The second kappa shape index (κ2) is 7.58. The fraction of sp³-hybridized carbons (Fsp3) is 0.227. The van der Waals surface area contributed by atoms with Crippen LogP contribution in [0, 0.1) is 0 Å². The summed E-state index contributed by atoms with van der Waals surface area (Å²) in [5.74, 6) is 0.396. The molecular formula is C22H20N2O5S2. The predicted octanol–water partition coefficient (Wildman–Crippen LogP) is 4.84. The van der Waals surface area contributed by atoms with Gasteiger partial charge >= 0.3 is 0 Å². The lowest BCUT2D eigenvalue weighted by molar-refractivity contribution is -0.0716. The molecule has 1 aromatic heterocycles. The Kier molecular flexibility index (Phi) is 4.86. The fourth-order valence-electron chi connectivity index (χ4n) is 3.84. The highest BCUT2D eigenvalue weighted by molar-refractivity contribution is 7.94. The highest BCUT2D eigenvalue weighted by Gasteiger charge is 2.44. The molecule has 1 saturated carbocycles. The molecule has 0 radical (unpaired) electrons. The second-order valence-electron chi connectivity index (χ2n) is 7.56. The molecule has 0 bridgehead atoms. The number of hydrogen-bond acceptors (Lipinski definition) is 6. The van der Waals surface area contributed by atoms with Crippen molar-refractivity contribution in [2.75, 3.05) is 10.0 Å². The number of rotatable bonds is 5. The van der Waals surface area contributed by atoms with E-state index in [0.717, 1.165) is 37.0 Å². The van der Waals surface area contributed by atoms with E-state index in [1.165, 1.54) is 12.1 Å². The van der Waals surface area contributed by atoms with E-state index in [9.17, 15) is 13.2 Å². The highest BCUT2D eigenvalue weighted by Crippen LogP contribution is 2.47. The number of amides is 1. The first-order valence-corrected chi connectivity index (χ1v) is 12.3. The first-order valence-electron chi connectivity index (χ1n) is 9.92. The van der Waals surface area contributed by atoms with Gasteiger partial charge in [0.15, 0.2) is 11.5 Å². The van der Waals surface area contributed by atoms with Crippen molar-refractivity contribution < 1.29 is 22.7 Å². The van der Waals surface area contributed by atoms with Crippen LogP contribution in [0.2, 0.25) is 0 Å². The molecule has 1 amide bonds. The number of fused-ring (bicyclic) bond motifs is 1. The van der Waals surface area contributed by atoms with E-state index < -0.39 is 15.8 Å². The zero-order valence-electron chi connectivity index (χ0n) is 16.5. The average Bonchev–Trinajstić information content (AvgIpc) is 3.49. The summed E-state index contributed by atoms with van der Waals surface area (Å²) < 4.78 is 39.6. The Balaban J connectivity index is 1.30. The number of benzene rings is 2. The van der Waals surface area contributed by atoms with Crippen LogP contribution >= 0.6 is 11.3 Å². The van der Waals surface area contributed by atoms with E-state index in [1.54, 1.807) is 47.8 Å². The Morgan fingerprint density at radius 1 is 0.935 bits per heavy atom. The standard InChI is InChI=1S/C22H20N2O5S2/c25-21(15-5-3-6-17(13-15)24-31(26,27)20-7-4-12-30-20)23-16-8-9-18-19(14-16)29-22(28-18)10-1-2-11-22/h3-9,12-14,24H,1-2,10-11H2,(H,23,25). The molecule has 1 aliphatic heterocycles. The minimum absolute atomic E-state index is 0.211. The van der Waals surface area contributed by atoms with Crippen molar-refractivity contribution in [2.24, 2.45) is 0 Å². The molecule has 9 heteroatoms. The van der Waals surface area contributed by atoms with Gasteiger partial charge in [0, 0.05) is 35.8 Å². The molecule has 3 aromatic rings. The Morgan fingerprint density at radius 3 is 2.52 bits per heavy atom. The maximum absolute atomic E-state index is 12.8. The Hall–Kier alpha value is -3.04. The van der Waals surface area contributed by atoms with Gasteiger partial charge in [0.2, 0.25) is 0 Å². The Labute approximate surface area is 184 Å². The van der Waals surface area contributed by atoms with Gasteiger partial charge < -0.3 is 14.8 Å². The number of hydrogen-bond donors (Lipinski definition) is 2. The van der Waals surface area contributed by atoms with Gasteiger partial charge in [-0.05, 0) is 54.6 Å². The zero-order chi connectivity index (χ0) is 21.5. The molecule has 1 spiro atoms. The van der Waals surface area contributed by atoms with Crippen LogP contribution in [0.25, 0.3) is 0 Å². The monoisotopic (exact) mass is 456 g/mol. The minimum Gasteiger partial charge on any atom is -0.448 e. The number of carbonyl (C=O) groups is 1. The molecule has 1 aliphatic carbocycles. The molecular weight excluding hydrogens is 436 g/mol. The van der Waals surface area contributed by atoms with Gasteiger partial charge in [-0.15, -0.1) is 11.3 Å². The van der Waals surface area contributed by atoms with Crippen molar-refractivity contribution in [2.45, 2.75) is 35.7 Å². The van der Waals surface area contributed by atoms with Gasteiger partial charge in [-0.2, -0.15) is 0 Å². The maximum atomic E-state index is 12.8. The van der Waals surface area contributed by atoms with Crippen LogP contribution in [-0.4, -0.2) is 20.1 Å². The lowest BCUT2D eigenvalue weighted by Crippen LogP contribution is -2.34. The number of thiophene rings is 1. The van der Waals surface area contributed by atoms with Crippen molar-refractivity contribution in [1.29, 1.82) is 0 Å². The summed E-state index contributed by atoms with van der Waals surface area (Å²) in [5.41, 5.74) is 1.22. The number of carbonyl (C=O) groups excluding carboxylic acids is 1. The quantitative estimate of drug-likeness (QED) is 0.573. The van der Waals surface area contributed by atoms with E-state index >= 15 is 0 Å². The minimum atomic E-state index is -3.68. The van der Waals surface area contributed by atoms with Crippen LogP contribution < -0.4 is 19.5 Å². The molecule has 0 atom stereocenters. The smallest absolute Gasteiger partial charge is 0.271 e.